The summed E-state index contributed by atoms with van der Waals surface area (Å²) in [5.41, 5.74) is 2.57. The molecule has 3 aromatic rings. The lowest BCUT2D eigenvalue weighted by Crippen LogP contribution is -2.22. The number of rotatable bonds is 6. The molecule has 8 heteroatoms. The van der Waals surface area contributed by atoms with Crippen LogP contribution < -0.4 is 9.47 Å². The van der Waals surface area contributed by atoms with Crippen molar-refractivity contribution in [2.45, 2.75) is 45.3 Å². The van der Waals surface area contributed by atoms with Crippen LogP contribution in [0.1, 0.15) is 18.7 Å². The molecule has 3 heterocycles. The number of nitrogens with zero attached hydrogens (tertiary/aromatic N) is 3. The van der Waals surface area contributed by atoms with Gasteiger partial charge in [-0.15, -0.1) is 0 Å². The Morgan fingerprint density at radius 1 is 1.19 bits per heavy atom. The number of hydrogen-bond donors (Lipinski definition) is 0. The molecule has 32 heavy (non-hydrogen) atoms. The smallest absolute Gasteiger partial charge is 0.231 e. The second-order valence-electron chi connectivity index (χ2n) is 9.50. The van der Waals surface area contributed by atoms with E-state index in [1.54, 1.807) is 0 Å². The van der Waals surface area contributed by atoms with Crippen molar-refractivity contribution in [3.05, 3.63) is 34.7 Å². The molecule has 0 bridgehead atoms. The second-order valence-corrected chi connectivity index (χ2v) is 16.0. The first kappa shape index (κ1) is 21.5. The summed E-state index contributed by atoms with van der Waals surface area (Å²) in [6, 6.07) is 7.02. The highest BCUT2D eigenvalue weighted by atomic mass is 79.9. The first-order valence-electron chi connectivity index (χ1n) is 10.9. The van der Waals surface area contributed by atoms with Gasteiger partial charge in [-0.25, -0.2) is 9.97 Å². The van der Waals surface area contributed by atoms with E-state index in [2.05, 4.69) is 47.4 Å². The minimum atomic E-state index is -1.14. The molecule has 0 atom stereocenters. The molecule has 2 aromatic heterocycles. The number of halogens is 1. The number of aromatic nitrogens is 3. The van der Waals surface area contributed by atoms with E-state index in [4.69, 9.17) is 24.2 Å². The maximum absolute atomic E-state index is 6.02. The summed E-state index contributed by atoms with van der Waals surface area (Å²) < 4.78 is 20.0. The highest BCUT2D eigenvalue weighted by molar-refractivity contribution is 9.10. The van der Waals surface area contributed by atoms with Gasteiger partial charge < -0.3 is 18.8 Å². The van der Waals surface area contributed by atoms with E-state index in [1.807, 2.05) is 29.0 Å². The second kappa shape index (κ2) is 8.54. The third kappa shape index (κ3) is 4.70. The van der Waals surface area contributed by atoms with Gasteiger partial charge in [0.25, 0.3) is 0 Å². The average Bonchev–Trinajstić information content (AvgIpc) is 3.37. The molecule has 1 aliphatic carbocycles. The van der Waals surface area contributed by atoms with Crippen LogP contribution in [-0.2, 0) is 11.5 Å². The minimum absolute atomic E-state index is 0.241. The zero-order chi connectivity index (χ0) is 22.3. The lowest BCUT2D eigenvalue weighted by atomic mass is 10.1. The van der Waals surface area contributed by atoms with E-state index in [0.717, 1.165) is 63.8 Å². The van der Waals surface area contributed by atoms with Crippen molar-refractivity contribution in [3.63, 3.8) is 0 Å². The SMILES string of the molecule is C[Si](C)(C)CCOCn1cc(Br)c2c(-c3ccc4c(c3)OCO4)nc(C#CC3CC3)nc21. The van der Waals surface area contributed by atoms with E-state index in [0.29, 0.717) is 18.5 Å². The van der Waals surface area contributed by atoms with Gasteiger partial charge >= 0.3 is 0 Å². The van der Waals surface area contributed by atoms with Crippen LogP contribution in [0.25, 0.3) is 22.3 Å². The Kier molecular flexibility index (Phi) is 5.74. The molecular formula is C24H26BrN3O3Si. The number of ether oxygens (including phenoxy) is 3. The molecule has 5 rings (SSSR count). The van der Waals surface area contributed by atoms with Gasteiger partial charge in [0.15, 0.2) is 11.5 Å². The molecule has 0 unspecified atom stereocenters. The zero-order valence-electron chi connectivity index (χ0n) is 18.6. The van der Waals surface area contributed by atoms with Crippen molar-refractivity contribution in [2.75, 3.05) is 13.4 Å². The molecule has 1 aromatic carbocycles. The Morgan fingerprint density at radius 2 is 2.00 bits per heavy atom. The lowest BCUT2D eigenvalue weighted by molar-refractivity contribution is 0.0898. The third-order valence-corrected chi connectivity index (χ3v) is 7.81. The first-order valence-corrected chi connectivity index (χ1v) is 15.4. The molecule has 166 valence electrons. The van der Waals surface area contributed by atoms with Gasteiger partial charge in [0.1, 0.15) is 12.4 Å². The molecule has 0 spiro atoms. The summed E-state index contributed by atoms with van der Waals surface area (Å²) in [5, 5.41) is 0.939. The largest absolute Gasteiger partial charge is 0.454 e. The van der Waals surface area contributed by atoms with E-state index in [9.17, 15) is 0 Å². The Labute approximate surface area is 197 Å². The Bertz CT molecular complexity index is 1240. The van der Waals surface area contributed by atoms with Gasteiger partial charge in [0, 0.05) is 36.8 Å². The van der Waals surface area contributed by atoms with E-state index < -0.39 is 8.07 Å². The van der Waals surface area contributed by atoms with Crippen LogP contribution in [-0.4, -0.2) is 36.0 Å². The van der Waals surface area contributed by atoms with Crippen LogP contribution in [0.4, 0.5) is 0 Å². The van der Waals surface area contributed by atoms with Gasteiger partial charge in [0.2, 0.25) is 12.6 Å². The zero-order valence-corrected chi connectivity index (χ0v) is 21.2. The van der Waals surface area contributed by atoms with Gasteiger partial charge in [-0.05, 0) is 58.9 Å². The lowest BCUT2D eigenvalue weighted by Gasteiger charge is -2.15. The Hall–Kier alpha value is -2.34. The molecule has 6 nitrogen and oxygen atoms in total. The molecule has 0 radical (unpaired) electrons. The highest BCUT2D eigenvalue weighted by Gasteiger charge is 2.21. The van der Waals surface area contributed by atoms with Crippen LogP contribution in [0.15, 0.2) is 28.9 Å². The van der Waals surface area contributed by atoms with Crippen LogP contribution in [0.5, 0.6) is 11.5 Å². The Balaban J connectivity index is 1.54. The number of hydrogen-bond acceptors (Lipinski definition) is 5. The maximum Gasteiger partial charge on any atom is 0.231 e. The predicted molar refractivity (Wildman–Crippen MR) is 130 cm³/mol. The van der Waals surface area contributed by atoms with Crippen LogP contribution in [0, 0.1) is 17.8 Å². The normalized spacial score (nSPS) is 15.1. The fourth-order valence-corrected chi connectivity index (χ4v) is 4.85. The number of fused-ring (bicyclic) bond motifs is 2. The van der Waals surface area contributed by atoms with Gasteiger partial charge in [-0.2, -0.15) is 0 Å². The molecule has 0 N–H and O–H groups in total. The molecule has 1 saturated carbocycles. The van der Waals surface area contributed by atoms with Gasteiger partial charge in [0.05, 0.1) is 11.1 Å². The van der Waals surface area contributed by atoms with Crippen molar-refractivity contribution in [2.24, 2.45) is 5.92 Å². The third-order valence-electron chi connectivity index (χ3n) is 5.51. The van der Waals surface area contributed by atoms with E-state index >= 15 is 0 Å². The van der Waals surface area contributed by atoms with Crippen LogP contribution >= 0.6 is 15.9 Å². The van der Waals surface area contributed by atoms with Crippen LogP contribution in [0.3, 0.4) is 0 Å². The van der Waals surface area contributed by atoms with Crippen molar-refractivity contribution in [3.8, 4) is 34.6 Å². The summed E-state index contributed by atoms with van der Waals surface area (Å²) in [6.07, 6.45) is 4.34. The standard InChI is InChI=1S/C24H26BrN3O3Si/c1-32(2,3)11-10-29-14-28-13-18(25)22-23(17-7-8-19-20(12-17)31-15-30-19)26-21(27-24(22)28)9-6-16-4-5-16/h7-8,12-13,16H,4-5,10-11,14-15H2,1-3H3. The molecule has 0 saturated heterocycles. The topological polar surface area (TPSA) is 58.4 Å². The molecule has 2 aliphatic rings. The molecular weight excluding hydrogens is 486 g/mol. The summed E-state index contributed by atoms with van der Waals surface area (Å²) in [4.78, 5) is 9.64. The fourth-order valence-electron chi connectivity index (χ4n) is 3.48. The van der Waals surface area contributed by atoms with E-state index in [-0.39, 0.29) is 6.79 Å². The van der Waals surface area contributed by atoms with E-state index in [1.165, 1.54) is 0 Å². The number of benzene rings is 1. The van der Waals surface area contributed by atoms with Crippen molar-refractivity contribution in [1.29, 1.82) is 0 Å². The highest BCUT2D eigenvalue weighted by Crippen LogP contribution is 2.39. The summed E-state index contributed by atoms with van der Waals surface area (Å²) in [5.74, 6) is 8.97. The molecule has 0 amide bonds. The summed E-state index contributed by atoms with van der Waals surface area (Å²) >= 11 is 3.72. The molecule has 1 aliphatic heterocycles. The summed E-state index contributed by atoms with van der Waals surface area (Å²) in [6.45, 7) is 8.50. The van der Waals surface area contributed by atoms with Crippen molar-refractivity contribution < 1.29 is 14.2 Å². The van der Waals surface area contributed by atoms with Crippen molar-refractivity contribution >= 4 is 35.0 Å². The molecule has 1 fully saturated rings. The predicted octanol–water partition coefficient (Wildman–Crippen LogP) is 5.66. The quantitative estimate of drug-likeness (QED) is 0.242. The van der Waals surface area contributed by atoms with Gasteiger partial charge in [-0.1, -0.05) is 25.6 Å². The Morgan fingerprint density at radius 3 is 2.78 bits per heavy atom. The first-order chi connectivity index (χ1) is 15.4. The minimum Gasteiger partial charge on any atom is -0.454 e. The van der Waals surface area contributed by atoms with Gasteiger partial charge in [-0.3, -0.25) is 0 Å². The summed E-state index contributed by atoms with van der Waals surface area (Å²) in [7, 11) is -1.14. The average molecular weight is 512 g/mol. The fraction of sp³-hybridized carbons (Fsp3) is 0.417. The maximum atomic E-state index is 6.02. The van der Waals surface area contributed by atoms with Crippen molar-refractivity contribution in [1.82, 2.24) is 14.5 Å². The van der Waals surface area contributed by atoms with Crippen LogP contribution in [0.2, 0.25) is 25.7 Å². The monoisotopic (exact) mass is 511 g/mol.